The molecule has 1 heterocycles. The van der Waals surface area contributed by atoms with Gasteiger partial charge in [-0.1, -0.05) is 30.3 Å². The minimum Gasteiger partial charge on any atom is -0.508 e. The molecule has 0 aliphatic heterocycles. The Labute approximate surface area is 182 Å². The second kappa shape index (κ2) is 9.90. The summed E-state index contributed by atoms with van der Waals surface area (Å²) < 4.78 is 11.9. The Balaban J connectivity index is 2.40. The number of rotatable bonds is 6. The van der Waals surface area contributed by atoms with Crippen LogP contribution in [0.1, 0.15) is 19.4 Å². The summed E-state index contributed by atoms with van der Waals surface area (Å²) in [5, 5.41) is 9.49. The number of hydrogen-bond donors (Lipinski definition) is 1. The van der Waals surface area contributed by atoms with Crippen molar-refractivity contribution in [2.24, 2.45) is 0 Å². The largest absolute Gasteiger partial charge is 0.508 e. The third kappa shape index (κ3) is 4.92. The number of hydrogen-bond acceptors (Lipinski definition) is 7. The zero-order valence-electron chi connectivity index (χ0n) is 17.0. The lowest BCUT2D eigenvalue weighted by atomic mass is 10.2. The molecule has 0 fully saturated rings. The highest BCUT2D eigenvalue weighted by molar-refractivity contribution is 7.07. The Hall–Kier alpha value is -3.65. The number of carbonyl (C=O) groups excluding carboxylic acids is 2. The van der Waals surface area contributed by atoms with Gasteiger partial charge in [-0.05, 0) is 49.8 Å². The summed E-state index contributed by atoms with van der Waals surface area (Å²) in [6.45, 7) is 3.39. The fraction of sp³-hybridized carbons (Fsp3) is 0.174. The van der Waals surface area contributed by atoms with Gasteiger partial charge in [-0.3, -0.25) is 9.36 Å². The molecule has 1 N–H and O–H groups in total. The zero-order valence-corrected chi connectivity index (χ0v) is 17.8. The highest BCUT2D eigenvalue weighted by Gasteiger charge is 2.26. The van der Waals surface area contributed by atoms with Crippen molar-refractivity contribution in [1.82, 2.24) is 4.57 Å². The molecule has 1 aromatic heterocycles. The molecule has 0 saturated carbocycles. The molecule has 0 unspecified atom stereocenters. The van der Waals surface area contributed by atoms with E-state index >= 15 is 0 Å². The number of esters is 2. The molecule has 2 aromatic carbocycles. The average Bonchev–Trinajstić information content (AvgIpc) is 3.06. The first-order valence-corrected chi connectivity index (χ1v) is 10.4. The smallest absolute Gasteiger partial charge is 0.348 e. The van der Waals surface area contributed by atoms with Crippen LogP contribution < -0.4 is 14.8 Å². The SMILES string of the molecule is CCOC(=O)C(C(=O)OCC)=c1s/c(=C/c2ccc(O)cc2)c(=O)n1-c1ccccc1. The van der Waals surface area contributed by atoms with Crippen molar-refractivity contribution in [3.05, 3.63) is 79.7 Å². The molecule has 3 rings (SSSR count). The standard InChI is InChI=1S/C23H21NO6S/c1-3-29-22(27)19(23(28)30-4-2)21-24(16-8-6-5-7-9-16)20(26)18(31-21)14-15-10-12-17(25)13-11-15/h5-14,25H,3-4H2,1-2H3/b18-14+. The number of nitrogens with zero attached hydrogens (tertiary/aromatic N) is 1. The quantitative estimate of drug-likeness (QED) is 0.464. The number of phenolic OH excluding ortho intramolecular Hbond substituents is 1. The van der Waals surface area contributed by atoms with E-state index in [1.54, 1.807) is 62.4 Å². The molecule has 160 valence electrons. The number of para-hydroxylation sites is 1. The third-order valence-electron chi connectivity index (χ3n) is 4.20. The van der Waals surface area contributed by atoms with E-state index < -0.39 is 17.5 Å². The molecular weight excluding hydrogens is 418 g/mol. The number of aromatic hydroxyl groups is 1. The summed E-state index contributed by atoms with van der Waals surface area (Å²) in [5.74, 6) is -1.61. The number of phenols is 1. The van der Waals surface area contributed by atoms with Crippen LogP contribution in [0.15, 0.2) is 59.4 Å². The Morgan fingerprint density at radius 1 is 0.968 bits per heavy atom. The summed E-state index contributed by atoms with van der Waals surface area (Å²) in [5.41, 5.74) is 0.442. The van der Waals surface area contributed by atoms with E-state index in [2.05, 4.69) is 0 Å². The summed E-state index contributed by atoms with van der Waals surface area (Å²) in [7, 11) is 0. The minimum atomic E-state index is -0.858. The number of benzene rings is 2. The first kappa shape index (κ1) is 22.0. The van der Waals surface area contributed by atoms with Crippen molar-refractivity contribution >= 4 is 34.9 Å². The van der Waals surface area contributed by atoms with Gasteiger partial charge < -0.3 is 14.6 Å². The Morgan fingerprint density at radius 3 is 2.10 bits per heavy atom. The van der Waals surface area contributed by atoms with Crippen LogP contribution in [0, 0.1) is 0 Å². The van der Waals surface area contributed by atoms with Crippen molar-refractivity contribution in [2.75, 3.05) is 13.2 Å². The number of aromatic nitrogens is 1. The maximum absolute atomic E-state index is 13.3. The van der Waals surface area contributed by atoms with Gasteiger partial charge in [0.15, 0.2) is 5.57 Å². The molecule has 31 heavy (non-hydrogen) atoms. The van der Waals surface area contributed by atoms with Crippen LogP contribution in [0.4, 0.5) is 0 Å². The molecule has 0 radical (unpaired) electrons. The van der Waals surface area contributed by atoms with Crippen LogP contribution in [0.3, 0.4) is 0 Å². The predicted octanol–water partition coefficient (Wildman–Crippen LogP) is 1.71. The summed E-state index contributed by atoms with van der Waals surface area (Å²) >= 11 is 0.990. The summed E-state index contributed by atoms with van der Waals surface area (Å²) in [6, 6.07) is 15.0. The highest BCUT2D eigenvalue weighted by atomic mass is 32.1. The number of ether oxygens (including phenoxy) is 2. The third-order valence-corrected chi connectivity index (χ3v) is 5.29. The first-order chi connectivity index (χ1) is 15.0. The molecule has 3 aromatic rings. The fourth-order valence-electron chi connectivity index (χ4n) is 2.85. The van der Waals surface area contributed by atoms with Gasteiger partial charge in [-0.15, -0.1) is 11.3 Å². The Morgan fingerprint density at radius 2 is 1.55 bits per heavy atom. The predicted molar refractivity (Wildman–Crippen MR) is 118 cm³/mol. The molecule has 0 spiro atoms. The normalized spacial score (nSPS) is 11.2. The summed E-state index contributed by atoms with van der Waals surface area (Å²) in [4.78, 5) is 38.6. The van der Waals surface area contributed by atoms with E-state index in [1.165, 1.54) is 16.7 Å². The van der Waals surface area contributed by atoms with E-state index in [0.717, 1.165) is 11.3 Å². The van der Waals surface area contributed by atoms with Crippen molar-refractivity contribution in [2.45, 2.75) is 13.8 Å². The molecule has 0 bridgehead atoms. The van der Waals surface area contributed by atoms with Crippen LogP contribution in [0.2, 0.25) is 0 Å². The van der Waals surface area contributed by atoms with Gasteiger partial charge in [0.1, 0.15) is 10.4 Å². The number of thiazole rings is 1. The van der Waals surface area contributed by atoms with Crippen LogP contribution in [-0.4, -0.2) is 34.8 Å². The molecule has 0 saturated heterocycles. The fourth-order valence-corrected chi connectivity index (χ4v) is 3.98. The van der Waals surface area contributed by atoms with E-state index in [1.807, 2.05) is 0 Å². The number of carbonyl (C=O) groups is 2. The van der Waals surface area contributed by atoms with Crippen molar-refractivity contribution in [3.8, 4) is 11.4 Å². The molecule has 8 heteroatoms. The second-order valence-electron chi connectivity index (χ2n) is 6.30. The minimum absolute atomic E-state index is 0.0647. The molecule has 7 nitrogen and oxygen atoms in total. The highest BCUT2D eigenvalue weighted by Crippen LogP contribution is 2.10. The Bertz CT molecular complexity index is 1240. The average molecular weight is 439 g/mol. The van der Waals surface area contributed by atoms with E-state index in [-0.39, 0.29) is 29.2 Å². The van der Waals surface area contributed by atoms with Crippen molar-refractivity contribution in [1.29, 1.82) is 0 Å². The molecule has 0 atom stereocenters. The van der Waals surface area contributed by atoms with Crippen molar-refractivity contribution in [3.63, 3.8) is 0 Å². The monoisotopic (exact) mass is 439 g/mol. The van der Waals surface area contributed by atoms with Gasteiger partial charge in [0.2, 0.25) is 0 Å². The van der Waals surface area contributed by atoms with Gasteiger partial charge in [0, 0.05) is 0 Å². The van der Waals surface area contributed by atoms with E-state index in [9.17, 15) is 19.5 Å². The maximum atomic E-state index is 13.3. The van der Waals surface area contributed by atoms with Crippen LogP contribution in [0.5, 0.6) is 5.75 Å². The van der Waals surface area contributed by atoms with Gasteiger partial charge in [-0.25, -0.2) is 9.59 Å². The lowest BCUT2D eigenvalue weighted by Gasteiger charge is -2.08. The molecular formula is C23H21NO6S. The van der Waals surface area contributed by atoms with Gasteiger partial charge in [0.25, 0.3) is 5.56 Å². The zero-order chi connectivity index (χ0) is 22.4. The van der Waals surface area contributed by atoms with Gasteiger partial charge >= 0.3 is 11.9 Å². The van der Waals surface area contributed by atoms with Crippen LogP contribution in [-0.2, 0) is 19.1 Å². The van der Waals surface area contributed by atoms with Crippen LogP contribution in [0.25, 0.3) is 17.3 Å². The lowest BCUT2D eigenvalue weighted by Crippen LogP contribution is -2.33. The van der Waals surface area contributed by atoms with E-state index in [0.29, 0.717) is 15.8 Å². The summed E-state index contributed by atoms with van der Waals surface area (Å²) in [6.07, 6.45) is 1.63. The Kier molecular flexibility index (Phi) is 7.04. The topological polar surface area (TPSA) is 94.8 Å². The maximum Gasteiger partial charge on any atom is 0.348 e. The molecule has 0 aliphatic carbocycles. The van der Waals surface area contributed by atoms with Crippen molar-refractivity contribution < 1.29 is 24.2 Å². The lowest BCUT2D eigenvalue weighted by molar-refractivity contribution is -0.142. The van der Waals surface area contributed by atoms with Gasteiger partial charge in [0.05, 0.1) is 23.4 Å². The van der Waals surface area contributed by atoms with E-state index in [4.69, 9.17) is 9.47 Å². The second-order valence-corrected chi connectivity index (χ2v) is 7.33. The molecule has 0 amide bonds. The first-order valence-electron chi connectivity index (χ1n) is 9.62. The van der Waals surface area contributed by atoms with Crippen LogP contribution >= 0.6 is 11.3 Å². The van der Waals surface area contributed by atoms with Gasteiger partial charge in [-0.2, -0.15) is 0 Å². The molecule has 0 aliphatic rings.